The van der Waals surface area contributed by atoms with Crippen molar-refractivity contribution in [3.05, 3.63) is 61.5 Å². The Morgan fingerprint density at radius 3 is 2.85 bits per heavy atom. The monoisotopic (exact) mass is 268 g/mol. The number of aryl methyl sites for hydroxylation is 1. The van der Waals surface area contributed by atoms with Crippen molar-refractivity contribution in [1.29, 1.82) is 0 Å². The first kappa shape index (κ1) is 14.4. The third kappa shape index (κ3) is 3.77. The van der Waals surface area contributed by atoms with E-state index >= 15 is 0 Å². The molecule has 0 saturated heterocycles. The van der Waals surface area contributed by atoms with Crippen molar-refractivity contribution in [3.8, 4) is 0 Å². The average Bonchev–Trinajstić information content (AvgIpc) is 2.90. The number of para-hydroxylation sites is 1. The van der Waals surface area contributed by atoms with Crippen LogP contribution in [0.5, 0.6) is 0 Å². The van der Waals surface area contributed by atoms with E-state index in [0.29, 0.717) is 5.92 Å². The number of H-pyrrole nitrogens is 1. The lowest BCUT2D eigenvalue weighted by molar-refractivity contribution is 0.519. The molecule has 20 heavy (non-hydrogen) atoms. The molecule has 2 rings (SSSR count). The van der Waals surface area contributed by atoms with E-state index in [1.54, 1.807) is 6.20 Å². The molecule has 0 saturated carbocycles. The molecule has 0 aliphatic rings. The van der Waals surface area contributed by atoms with Gasteiger partial charge in [0.05, 0.1) is 0 Å². The first-order valence-corrected chi connectivity index (χ1v) is 7.37. The van der Waals surface area contributed by atoms with Crippen LogP contribution in [0.15, 0.2) is 55.9 Å². The van der Waals surface area contributed by atoms with E-state index in [-0.39, 0.29) is 0 Å². The smallest absolute Gasteiger partial charge is 0.0456 e. The number of rotatable bonds is 9. The second-order valence-corrected chi connectivity index (χ2v) is 5.19. The van der Waals surface area contributed by atoms with Gasteiger partial charge in [0.1, 0.15) is 0 Å². The van der Waals surface area contributed by atoms with Gasteiger partial charge in [0, 0.05) is 23.6 Å². The van der Waals surface area contributed by atoms with Crippen molar-refractivity contribution in [1.82, 2.24) is 10.3 Å². The normalized spacial score (nSPS) is 12.2. The third-order valence-electron chi connectivity index (χ3n) is 3.83. The predicted octanol–water partition coefficient (Wildman–Crippen LogP) is 4.42. The second kappa shape index (κ2) is 7.59. The first-order chi connectivity index (χ1) is 9.85. The van der Waals surface area contributed by atoms with E-state index in [4.69, 9.17) is 0 Å². The van der Waals surface area contributed by atoms with Crippen LogP contribution in [0.1, 0.15) is 24.8 Å². The first-order valence-electron chi connectivity index (χ1n) is 7.37. The van der Waals surface area contributed by atoms with Crippen molar-refractivity contribution in [2.45, 2.75) is 25.7 Å². The summed E-state index contributed by atoms with van der Waals surface area (Å²) in [6, 6.07) is 8.50. The van der Waals surface area contributed by atoms with Crippen molar-refractivity contribution in [2.24, 2.45) is 5.92 Å². The molecule has 1 atom stereocenters. The maximum absolute atomic E-state index is 3.97. The Morgan fingerprint density at radius 2 is 2.05 bits per heavy atom. The minimum Gasteiger partial charge on any atom is -0.391 e. The zero-order chi connectivity index (χ0) is 14.2. The van der Waals surface area contributed by atoms with E-state index in [2.05, 4.69) is 60.0 Å². The molecule has 1 unspecified atom stereocenters. The average molecular weight is 268 g/mol. The number of hydrogen-bond acceptors (Lipinski definition) is 1. The van der Waals surface area contributed by atoms with Gasteiger partial charge in [-0.2, -0.15) is 0 Å². The Labute approximate surface area is 121 Å². The Kier molecular flexibility index (Phi) is 5.48. The SMILES string of the molecule is C=CNCCCC(C=C)CCc1c[nH]c2ccccc12. The molecule has 0 radical (unpaired) electrons. The minimum absolute atomic E-state index is 0.593. The van der Waals surface area contributed by atoms with E-state index in [1.165, 1.54) is 29.3 Å². The van der Waals surface area contributed by atoms with Crippen LogP contribution >= 0.6 is 0 Å². The fourth-order valence-corrected chi connectivity index (χ4v) is 2.63. The molecular weight excluding hydrogens is 244 g/mol. The van der Waals surface area contributed by atoms with E-state index in [9.17, 15) is 0 Å². The van der Waals surface area contributed by atoms with Gasteiger partial charge < -0.3 is 10.3 Å². The van der Waals surface area contributed by atoms with Crippen LogP contribution in [0.3, 0.4) is 0 Å². The van der Waals surface area contributed by atoms with Crippen LogP contribution in [0.4, 0.5) is 0 Å². The molecular formula is C18H24N2. The molecule has 0 bridgehead atoms. The summed E-state index contributed by atoms with van der Waals surface area (Å²) in [6.07, 6.45) is 10.6. The fraction of sp³-hybridized carbons (Fsp3) is 0.333. The molecule has 0 fully saturated rings. The standard InChI is InChI=1S/C18H24N2/c1-3-15(8-7-13-19-4-2)11-12-16-14-20-18-10-6-5-9-17(16)18/h3-6,9-10,14-15,19-20H,1-2,7-8,11-13H2. The zero-order valence-corrected chi connectivity index (χ0v) is 12.1. The van der Waals surface area contributed by atoms with Crippen molar-refractivity contribution in [2.75, 3.05) is 6.54 Å². The number of hydrogen-bond donors (Lipinski definition) is 2. The predicted molar refractivity (Wildman–Crippen MR) is 87.7 cm³/mol. The molecule has 0 spiro atoms. The van der Waals surface area contributed by atoms with Gasteiger partial charge in [-0.05, 0) is 49.4 Å². The topological polar surface area (TPSA) is 27.8 Å². The minimum atomic E-state index is 0.593. The molecule has 2 heteroatoms. The van der Waals surface area contributed by atoms with Gasteiger partial charge in [0.25, 0.3) is 0 Å². The van der Waals surface area contributed by atoms with E-state index < -0.39 is 0 Å². The molecule has 1 heterocycles. The summed E-state index contributed by atoms with van der Waals surface area (Å²) in [4.78, 5) is 3.34. The summed E-state index contributed by atoms with van der Waals surface area (Å²) in [5, 5.41) is 4.50. The highest BCUT2D eigenvalue weighted by molar-refractivity contribution is 5.82. The lowest BCUT2D eigenvalue weighted by Gasteiger charge is -2.12. The van der Waals surface area contributed by atoms with Gasteiger partial charge in [-0.15, -0.1) is 6.58 Å². The summed E-state index contributed by atoms with van der Waals surface area (Å²) in [5.74, 6) is 0.593. The molecule has 0 aliphatic carbocycles. The number of benzene rings is 1. The van der Waals surface area contributed by atoms with Gasteiger partial charge in [-0.3, -0.25) is 0 Å². The number of allylic oxidation sites excluding steroid dienone is 1. The van der Waals surface area contributed by atoms with Gasteiger partial charge in [0.15, 0.2) is 0 Å². The van der Waals surface area contributed by atoms with E-state index in [0.717, 1.165) is 19.4 Å². The Morgan fingerprint density at radius 1 is 1.20 bits per heavy atom. The van der Waals surface area contributed by atoms with Crippen LogP contribution in [0, 0.1) is 5.92 Å². The van der Waals surface area contributed by atoms with Crippen molar-refractivity contribution >= 4 is 10.9 Å². The Hall–Kier alpha value is -1.96. The Balaban J connectivity index is 1.86. The largest absolute Gasteiger partial charge is 0.391 e. The summed E-state index contributed by atoms with van der Waals surface area (Å²) >= 11 is 0. The molecule has 2 aromatic rings. The molecule has 106 valence electrons. The number of aromatic nitrogens is 1. The number of aromatic amines is 1. The maximum Gasteiger partial charge on any atom is 0.0456 e. The highest BCUT2D eigenvalue weighted by atomic mass is 14.8. The zero-order valence-electron chi connectivity index (χ0n) is 12.1. The second-order valence-electron chi connectivity index (χ2n) is 5.19. The molecule has 0 aliphatic heterocycles. The fourth-order valence-electron chi connectivity index (χ4n) is 2.63. The molecule has 1 aromatic heterocycles. The Bertz CT molecular complexity index is 553. The lowest BCUT2D eigenvalue weighted by atomic mass is 9.95. The molecule has 2 nitrogen and oxygen atoms in total. The van der Waals surface area contributed by atoms with Gasteiger partial charge in [-0.25, -0.2) is 0 Å². The highest BCUT2D eigenvalue weighted by Gasteiger charge is 2.07. The van der Waals surface area contributed by atoms with Gasteiger partial charge in [-0.1, -0.05) is 30.9 Å². The van der Waals surface area contributed by atoms with Crippen LogP contribution in [-0.2, 0) is 6.42 Å². The van der Waals surface area contributed by atoms with Crippen LogP contribution < -0.4 is 5.32 Å². The molecule has 2 N–H and O–H groups in total. The lowest BCUT2D eigenvalue weighted by Crippen LogP contribution is -2.08. The summed E-state index contributed by atoms with van der Waals surface area (Å²) in [7, 11) is 0. The summed E-state index contributed by atoms with van der Waals surface area (Å²) in [5.41, 5.74) is 2.64. The van der Waals surface area contributed by atoms with Gasteiger partial charge in [0.2, 0.25) is 0 Å². The highest BCUT2D eigenvalue weighted by Crippen LogP contribution is 2.22. The third-order valence-corrected chi connectivity index (χ3v) is 3.83. The van der Waals surface area contributed by atoms with Gasteiger partial charge >= 0.3 is 0 Å². The quantitative estimate of drug-likeness (QED) is 0.511. The molecule has 1 aromatic carbocycles. The number of nitrogens with one attached hydrogen (secondary N) is 2. The van der Waals surface area contributed by atoms with Crippen LogP contribution in [0.25, 0.3) is 10.9 Å². The van der Waals surface area contributed by atoms with E-state index in [1.807, 2.05) is 0 Å². The number of fused-ring (bicyclic) bond motifs is 1. The van der Waals surface area contributed by atoms with Crippen LogP contribution in [-0.4, -0.2) is 11.5 Å². The summed E-state index contributed by atoms with van der Waals surface area (Å²) < 4.78 is 0. The van der Waals surface area contributed by atoms with Crippen molar-refractivity contribution < 1.29 is 0 Å². The maximum atomic E-state index is 3.97. The van der Waals surface area contributed by atoms with Crippen LogP contribution in [0.2, 0.25) is 0 Å². The molecule has 0 amide bonds. The summed E-state index contributed by atoms with van der Waals surface area (Å²) in [6.45, 7) is 8.64. The van der Waals surface area contributed by atoms with Crippen molar-refractivity contribution in [3.63, 3.8) is 0 Å².